The first-order valence-corrected chi connectivity index (χ1v) is 8.21. The van der Waals surface area contributed by atoms with E-state index in [2.05, 4.69) is 11.0 Å². The number of hydrogen-bond acceptors (Lipinski definition) is 4. The molecule has 1 aromatic carbocycles. The van der Waals surface area contributed by atoms with Crippen LogP contribution < -0.4 is 4.90 Å². The lowest BCUT2D eigenvalue weighted by atomic mass is 10.2. The topological polar surface area (TPSA) is 53.1 Å². The van der Waals surface area contributed by atoms with Crippen molar-refractivity contribution in [3.05, 3.63) is 29.8 Å². The summed E-state index contributed by atoms with van der Waals surface area (Å²) >= 11 is 0. The molecule has 2 heterocycles. The highest BCUT2D eigenvalue weighted by molar-refractivity contribution is 5.96. The number of hydrogen-bond donors (Lipinski definition) is 0. The van der Waals surface area contributed by atoms with Gasteiger partial charge < -0.3 is 14.5 Å². The summed E-state index contributed by atoms with van der Waals surface area (Å²) in [5.41, 5.74) is 2.29. The largest absolute Gasteiger partial charge is 0.450 e. The summed E-state index contributed by atoms with van der Waals surface area (Å²) < 4.78 is 5.01. The molecule has 1 saturated heterocycles. The van der Waals surface area contributed by atoms with Crippen molar-refractivity contribution in [2.24, 2.45) is 0 Å². The number of anilines is 1. The van der Waals surface area contributed by atoms with Crippen LogP contribution in [0.5, 0.6) is 0 Å². The number of piperazine rings is 1. The second-order valence-electron chi connectivity index (χ2n) is 5.89. The molecular weight excluding hydrogens is 294 g/mol. The van der Waals surface area contributed by atoms with Gasteiger partial charge in [0.2, 0.25) is 5.91 Å². The lowest BCUT2D eigenvalue weighted by molar-refractivity contribution is -0.120. The van der Waals surface area contributed by atoms with Crippen molar-refractivity contribution in [1.29, 1.82) is 0 Å². The quantitative estimate of drug-likeness (QED) is 0.844. The maximum atomic E-state index is 12.6. The van der Waals surface area contributed by atoms with Crippen LogP contribution in [0.25, 0.3) is 0 Å². The lowest BCUT2D eigenvalue weighted by Gasteiger charge is -2.34. The Hall–Kier alpha value is -2.08. The molecule has 2 aliphatic heterocycles. The minimum Gasteiger partial charge on any atom is -0.450 e. The average Bonchev–Trinajstić information content (AvgIpc) is 3.00. The molecule has 0 saturated carbocycles. The van der Waals surface area contributed by atoms with Crippen LogP contribution in [0.1, 0.15) is 12.5 Å². The molecule has 0 aromatic heterocycles. The average molecular weight is 317 g/mol. The Morgan fingerprint density at radius 1 is 1.09 bits per heavy atom. The van der Waals surface area contributed by atoms with Gasteiger partial charge in [-0.25, -0.2) is 4.79 Å². The van der Waals surface area contributed by atoms with E-state index in [4.69, 9.17) is 4.74 Å². The maximum absolute atomic E-state index is 12.6. The molecule has 0 N–H and O–H groups in total. The molecule has 2 amide bonds. The van der Waals surface area contributed by atoms with Gasteiger partial charge in [-0.3, -0.25) is 9.69 Å². The number of amides is 2. The smallest absolute Gasteiger partial charge is 0.409 e. The van der Waals surface area contributed by atoms with Crippen molar-refractivity contribution in [1.82, 2.24) is 9.80 Å². The van der Waals surface area contributed by atoms with Crippen LogP contribution in [0.2, 0.25) is 0 Å². The Morgan fingerprint density at radius 3 is 2.57 bits per heavy atom. The van der Waals surface area contributed by atoms with E-state index in [0.717, 1.165) is 18.7 Å². The predicted octanol–water partition coefficient (Wildman–Crippen LogP) is 1.35. The Bertz CT molecular complexity index is 582. The van der Waals surface area contributed by atoms with Gasteiger partial charge in [0.25, 0.3) is 0 Å². The number of nitrogens with zero attached hydrogens (tertiary/aromatic N) is 3. The van der Waals surface area contributed by atoms with Crippen LogP contribution in [0.4, 0.5) is 10.5 Å². The second kappa shape index (κ2) is 7.00. The van der Waals surface area contributed by atoms with Gasteiger partial charge in [0, 0.05) is 38.4 Å². The number of carbonyl (C=O) groups excluding carboxylic acids is 2. The molecule has 6 heteroatoms. The molecule has 0 aliphatic carbocycles. The Labute approximate surface area is 136 Å². The van der Waals surface area contributed by atoms with E-state index in [9.17, 15) is 9.59 Å². The molecule has 3 rings (SSSR count). The van der Waals surface area contributed by atoms with E-state index in [-0.39, 0.29) is 12.0 Å². The molecule has 2 aliphatic rings. The molecular formula is C17H23N3O3. The lowest BCUT2D eigenvalue weighted by Crippen LogP contribution is -2.51. The molecule has 23 heavy (non-hydrogen) atoms. The zero-order chi connectivity index (χ0) is 16.2. The molecule has 1 fully saturated rings. The first kappa shape index (κ1) is 15.8. The number of ether oxygens (including phenoxy) is 1. The standard InChI is InChI=1S/C17H23N3O3/c1-2-23-17(22)19-11-9-18(10-12-19)13-16(21)20-8-7-14-5-3-4-6-15(14)20/h3-6H,2,7-13H2,1H3. The van der Waals surface area contributed by atoms with Gasteiger partial charge in [-0.2, -0.15) is 0 Å². The van der Waals surface area contributed by atoms with Gasteiger partial charge in [-0.05, 0) is 25.0 Å². The Morgan fingerprint density at radius 2 is 1.83 bits per heavy atom. The fourth-order valence-electron chi connectivity index (χ4n) is 3.18. The van der Waals surface area contributed by atoms with Gasteiger partial charge in [0.15, 0.2) is 0 Å². The van der Waals surface area contributed by atoms with E-state index in [1.165, 1.54) is 5.56 Å². The molecule has 0 spiro atoms. The van der Waals surface area contributed by atoms with E-state index in [0.29, 0.717) is 39.3 Å². The predicted molar refractivity (Wildman–Crippen MR) is 87.5 cm³/mol. The van der Waals surface area contributed by atoms with E-state index in [1.807, 2.05) is 23.1 Å². The van der Waals surface area contributed by atoms with Gasteiger partial charge in [0.1, 0.15) is 0 Å². The highest BCUT2D eigenvalue weighted by Gasteiger charge is 2.28. The van der Waals surface area contributed by atoms with Crippen molar-refractivity contribution in [2.45, 2.75) is 13.3 Å². The summed E-state index contributed by atoms with van der Waals surface area (Å²) in [7, 11) is 0. The maximum Gasteiger partial charge on any atom is 0.409 e. The Balaban J connectivity index is 1.52. The first-order chi connectivity index (χ1) is 11.2. The summed E-state index contributed by atoms with van der Waals surface area (Å²) in [6.07, 6.45) is 0.672. The number of para-hydroxylation sites is 1. The second-order valence-corrected chi connectivity index (χ2v) is 5.89. The van der Waals surface area contributed by atoms with Crippen LogP contribution in [0.15, 0.2) is 24.3 Å². The van der Waals surface area contributed by atoms with E-state index < -0.39 is 0 Å². The zero-order valence-corrected chi connectivity index (χ0v) is 13.5. The van der Waals surface area contributed by atoms with E-state index in [1.54, 1.807) is 11.8 Å². The Kier molecular flexibility index (Phi) is 4.81. The summed E-state index contributed by atoms with van der Waals surface area (Å²) in [6, 6.07) is 8.09. The van der Waals surface area contributed by atoms with Crippen LogP contribution in [0.3, 0.4) is 0 Å². The van der Waals surface area contributed by atoms with Gasteiger partial charge >= 0.3 is 6.09 Å². The van der Waals surface area contributed by atoms with Crippen molar-refractivity contribution in [2.75, 3.05) is 50.8 Å². The summed E-state index contributed by atoms with van der Waals surface area (Å²) in [5.74, 6) is 0.138. The SMILES string of the molecule is CCOC(=O)N1CCN(CC(=O)N2CCc3ccccc32)CC1. The monoisotopic (exact) mass is 317 g/mol. The van der Waals surface area contributed by atoms with E-state index >= 15 is 0 Å². The van der Waals surface area contributed by atoms with Crippen molar-refractivity contribution in [3.63, 3.8) is 0 Å². The summed E-state index contributed by atoms with van der Waals surface area (Å²) in [4.78, 5) is 30.0. The van der Waals surface area contributed by atoms with Crippen molar-refractivity contribution >= 4 is 17.7 Å². The van der Waals surface area contributed by atoms with Crippen molar-refractivity contribution < 1.29 is 14.3 Å². The van der Waals surface area contributed by atoms with Crippen LogP contribution in [-0.2, 0) is 16.0 Å². The molecule has 1 aromatic rings. The summed E-state index contributed by atoms with van der Waals surface area (Å²) in [5, 5.41) is 0. The summed E-state index contributed by atoms with van der Waals surface area (Å²) in [6.45, 7) is 6.02. The molecule has 6 nitrogen and oxygen atoms in total. The third kappa shape index (κ3) is 3.47. The highest BCUT2D eigenvalue weighted by atomic mass is 16.6. The van der Waals surface area contributed by atoms with Crippen LogP contribution in [0, 0.1) is 0 Å². The third-order valence-electron chi connectivity index (χ3n) is 4.45. The molecule has 0 radical (unpaired) electrons. The van der Waals surface area contributed by atoms with Gasteiger partial charge in [0.05, 0.1) is 13.2 Å². The number of rotatable bonds is 3. The van der Waals surface area contributed by atoms with Crippen molar-refractivity contribution in [3.8, 4) is 0 Å². The fourth-order valence-corrected chi connectivity index (χ4v) is 3.18. The molecule has 0 atom stereocenters. The molecule has 0 bridgehead atoms. The zero-order valence-electron chi connectivity index (χ0n) is 13.5. The van der Waals surface area contributed by atoms with Gasteiger partial charge in [-0.15, -0.1) is 0 Å². The highest BCUT2D eigenvalue weighted by Crippen LogP contribution is 2.27. The normalized spacial score (nSPS) is 18.0. The number of carbonyl (C=O) groups is 2. The first-order valence-electron chi connectivity index (χ1n) is 8.21. The third-order valence-corrected chi connectivity index (χ3v) is 4.45. The van der Waals surface area contributed by atoms with Crippen LogP contribution in [-0.4, -0.2) is 67.7 Å². The number of benzene rings is 1. The minimum atomic E-state index is -0.257. The minimum absolute atomic E-state index is 0.138. The molecule has 0 unspecified atom stereocenters. The molecule has 124 valence electrons. The number of fused-ring (bicyclic) bond motifs is 1. The van der Waals surface area contributed by atoms with Crippen LogP contribution >= 0.6 is 0 Å². The fraction of sp³-hybridized carbons (Fsp3) is 0.529. The van der Waals surface area contributed by atoms with Gasteiger partial charge in [-0.1, -0.05) is 18.2 Å².